The molecular formula is C22H21FIrN2-2. The number of nitrogens with zero attached hydrogens (tertiary/aromatic N) is 2. The normalized spacial score (nSPS) is 13.7. The van der Waals surface area contributed by atoms with Gasteiger partial charge in [-0.15, -0.1) is 17.7 Å². The van der Waals surface area contributed by atoms with Gasteiger partial charge >= 0.3 is 0 Å². The van der Waals surface area contributed by atoms with E-state index in [4.69, 9.17) is 0 Å². The predicted molar refractivity (Wildman–Crippen MR) is 102 cm³/mol. The van der Waals surface area contributed by atoms with Crippen LogP contribution in [0, 0.1) is 18.6 Å². The number of fused-ring (bicyclic) bond motifs is 2. The van der Waals surface area contributed by atoms with Crippen molar-refractivity contribution in [3.05, 3.63) is 78.7 Å². The van der Waals surface area contributed by atoms with Gasteiger partial charge in [-0.1, -0.05) is 24.3 Å². The second kappa shape index (κ2) is 7.02. The fraction of sp³-hybridized carbons (Fsp3) is 0.227. The predicted octanol–water partition coefficient (Wildman–Crippen LogP) is 5.48. The van der Waals surface area contributed by atoms with Gasteiger partial charge < -0.3 is 9.80 Å². The van der Waals surface area contributed by atoms with Crippen LogP contribution in [0.2, 0.25) is 0 Å². The molecule has 0 saturated carbocycles. The molecule has 0 bridgehead atoms. The van der Waals surface area contributed by atoms with Crippen molar-refractivity contribution < 1.29 is 24.5 Å². The molecule has 0 amide bonds. The van der Waals surface area contributed by atoms with E-state index >= 15 is 0 Å². The molecule has 3 aromatic carbocycles. The summed E-state index contributed by atoms with van der Waals surface area (Å²) in [4.78, 5) is 4.52. The van der Waals surface area contributed by atoms with Crippen molar-refractivity contribution in [2.75, 3.05) is 16.3 Å². The molecule has 2 nitrogen and oxygen atoms in total. The monoisotopic (exact) mass is 525 g/mol. The van der Waals surface area contributed by atoms with E-state index in [1.165, 1.54) is 34.3 Å². The summed E-state index contributed by atoms with van der Waals surface area (Å²) < 4.78 is 13.3. The van der Waals surface area contributed by atoms with Crippen LogP contribution in [0.4, 0.5) is 15.8 Å². The number of anilines is 2. The SMILES string of the molecule is CCN1[CH-]N(C(C)(C)c2[c-]cc(F)cc2)c2cc3ccccc3cc21.[Ir]. The third kappa shape index (κ3) is 3.02. The molecule has 0 unspecified atom stereocenters. The van der Waals surface area contributed by atoms with Gasteiger partial charge in [0, 0.05) is 42.8 Å². The first-order valence-electron chi connectivity index (χ1n) is 8.62. The Morgan fingerprint density at radius 2 is 1.69 bits per heavy atom. The van der Waals surface area contributed by atoms with Crippen LogP contribution in [-0.4, -0.2) is 6.54 Å². The Labute approximate surface area is 168 Å². The Balaban J connectivity index is 0.00000196. The molecule has 137 valence electrons. The van der Waals surface area contributed by atoms with Gasteiger partial charge in [-0.05, 0) is 50.2 Å². The standard InChI is InChI=1S/C22H21FN2.Ir/c1-4-24-15-25(22(2,3)18-9-11-19(23)12-10-18)21-14-17-8-6-5-7-16(17)13-20(21)24;/h5-9,11-15H,4H2,1-3H3;/q-2;. The molecule has 1 aliphatic rings. The van der Waals surface area contributed by atoms with E-state index in [1.807, 2.05) is 6.07 Å². The molecule has 4 rings (SSSR count). The van der Waals surface area contributed by atoms with Crippen molar-refractivity contribution in [1.82, 2.24) is 0 Å². The van der Waals surface area contributed by atoms with Gasteiger partial charge in [0.15, 0.2) is 0 Å². The van der Waals surface area contributed by atoms with Crippen LogP contribution in [-0.2, 0) is 25.6 Å². The number of hydrogen-bond acceptors (Lipinski definition) is 2. The van der Waals surface area contributed by atoms with Crippen LogP contribution in [0.15, 0.2) is 54.6 Å². The summed E-state index contributed by atoms with van der Waals surface area (Å²) in [5.74, 6) is -0.258. The Kier molecular flexibility index (Phi) is 5.09. The summed E-state index contributed by atoms with van der Waals surface area (Å²) in [6, 6.07) is 20.7. The second-order valence-electron chi connectivity index (χ2n) is 6.94. The summed E-state index contributed by atoms with van der Waals surface area (Å²) in [6.45, 7) is 9.48. The van der Waals surface area contributed by atoms with Crippen molar-refractivity contribution in [2.24, 2.45) is 0 Å². The van der Waals surface area contributed by atoms with E-state index in [-0.39, 0.29) is 31.5 Å². The third-order valence-corrected chi connectivity index (χ3v) is 5.04. The summed E-state index contributed by atoms with van der Waals surface area (Å²) in [7, 11) is 0. The zero-order valence-corrected chi connectivity index (χ0v) is 17.5. The van der Waals surface area contributed by atoms with Crippen LogP contribution < -0.4 is 9.80 Å². The average Bonchev–Trinajstić information content (AvgIpc) is 2.98. The molecular weight excluding hydrogens is 503 g/mol. The van der Waals surface area contributed by atoms with Crippen LogP contribution >= 0.6 is 0 Å². The minimum Gasteiger partial charge on any atom is -0.502 e. The maximum atomic E-state index is 13.3. The smallest absolute Gasteiger partial charge is 0.0311 e. The first-order valence-corrected chi connectivity index (χ1v) is 8.62. The Morgan fingerprint density at radius 1 is 1.04 bits per heavy atom. The first kappa shape index (κ1) is 18.9. The van der Waals surface area contributed by atoms with Crippen LogP contribution in [0.3, 0.4) is 0 Å². The molecule has 0 fully saturated rings. The fourth-order valence-corrected chi connectivity index (χ4v) is 3.52. The van der Waals surface area contributed by atoms with Gasteiger partial charge in [0.25, 0.3) is 0 Å². The molecule has 1 radical (unpaired) electrons. The summed E-state index contributed by atoms with van der Waals surface area (Å²) in [5.41, 5.74) is 3.00. The molecule has 0 aliphatic carbocycles. The minimum absolute atomic E-state index is 0. The van der Waals surface area contributed by atoms with E-state index in [0.29, 0.717) is 0 Å². The third-order valence-electron chi connectivity index (χ3n) is 5.04. The summed E-state index contributed by atoms with van der Waals surface area (Å²) >= 11 is 0. The van der Waals surface area contributed by atoms with Crippen LogP contribution in [0.1, 0.15) is 26.3 Å². The Hall–Kier alpha value is -1.90. The fourth-order valence-electron chi connectivity index (χ4n) is 3.52. The number of benzene rings is 3. The van der Waals surface area contributed by atoms with E-state index in [9.17, 15) is 4.39 Å². The van der Waals surface area contributed by atoms with Crippen molar-refractivity contribution in [3.8, 4) is 0 Å². The van der Waals surface area contributed by atoms with Crippen molar-refractivity contribution in [2.45, 2.75) is 26.3 Å². The average molecular weight is 525 g/mol. The van der Waals surface area contributed by atoms with Crippen LogP contribution in [0.25, 0.3) is 10.8 Å². The van der Waals surface area contributed by atoms with E-state index < -0.39 is 0 Å². The number of hydrogen-bond donors (Lipinski definition) is 0. The maximum absolute atomic E-state index is 13.3. The maximum Gasteiger partial charge on any atom is 0.0311 e. The van der Waals surface area contributed by atoms with Gasteiger partial charge in [0.2, 0.25) is 0 Å². The summed E-state index contributed by atoms with van der Waals surface area (Å²) in [5, 5.41) is 2.46. The van der Waals surface area contributed by atoms with Gasteiger partial charge in [-0.3, -0.25) is 4.39 Å². The number of halogens is 1. The van der Waals surface area contributed by atoms with Crippen molar-refractivity contribution in [3.63, 3.8) is 0 Å². The summed E-state index contributed by atoms with van der Waals surface area (Å²) in [6.07, 6.45) is 0. The second-order valence-corrected chi connectivity index (χ2v) is 6.94. The van der Waals surface area contributed by atoms with Gasteiger partial charge in [-0.25, -0.2) is 0 Å². The van der Waals surface area contributed by atoms with Crippen molar-refractivity contribution >= 4 is 22.1 Å². The number of rotatable bonds is 3. The molecule has 0 aromatic heterocycles. The van der Waals surface area contributed by atoms with E-state index in [2.05, 4.69) is 79.7 Å². The topological polar surface area (TPSA) is 6.48 Å². The Bertz CT molecular complexity index is 921. The van der Waals surface area contributed by atoms with Crippen molar-refractivity contribution in [1.29, 1.82) is 0 Å². The Morgan fingerprint density at radius 3 is 2.27 bits per heavy atom. The first-order chi connectivity index (χ1) is 12.0. The van der Waals surface area contributed by atoms with E-state index in [1.54, 1.807) is 0 Å². The van der Waals surface area contributed by atoms with E-state index in [0.717, 1.165) is 12.1 Å². The largest absolute Gasteiger partial charge is 0.502 e. The molecule has 26 heavy (non-hydrogen) atoms. The van der Waals surface area contributed by atoms with Gasteiger partial charge in [-0.2, -0.15) is 18.8 Å². The molecule has 1 heterocycles. The zero-order valence-electron chi connectivity index (χ0n) is 15.1. The van der Waals surface area contributed by atoms with Gasteiger partial charge in [0.1, 0.15) is 0 Å². The zero-order chi connectivity index (χ0) is 17.6. The molecule has 0 atom stereocenters. The van der Waals surface area contributed by atoms with Crippen LogP contribution in [0.5, 0.6) is 0 Å². The molecule has 1 aliphatic heterocycles. The molecule has 3 aromatic rings. The van der Waals surface area contributed by atoms with Gasteiger partial charge in [0.05, 0.1) is 0 Å². The molecule has 0 N–H and O–H groups in total. The quantitative estimate of drug-likeness (QED) is 0.419. The molecule has 0 saturated heterocycles. The molecule has 0 spiro atoms. The molecule has 4 heteroatoms. The minimum atomic E-state index is -0.338.